The Hall–Kier alpha value is -1.73. The number of aromatic nitrogens is 2. The molecule has 1 aromatic carbocycles. The van der Waals surface area contributed by atoms with Gasteiger partial charge in [-0.05, 0) is 31.0 Å². The van der Waals surface area contributed by atoms with Gasteiger partial charge in [-0.2, -0.15) is 0 Å². The maximum atomic E-state index is 13.1. The van der Waals surface area contributed by atoms with Crippen molar-refractivity contribution < 1.29 is 9.18 Å². The third kappa shape index (κ3) is 3.97. The van der Waals surface area contributed by atoms with Crippen LogP contribution in [-0.4, -0.2) is 35.2 Å². The Balaban J connectivity index is 1.41. The molecular weight excluding hydrogens is 339 g/mol. The van der Waals surface area contributed by atoms with Gasteiger partial charge in [0, 0.05) is 19.5 Å². The summed E-state index contributed by atoms with van der Waals surface area (Å²) in [5, 5.41) is 13.0. The number of benzene rings is 1. The Labute approximate surface area is 142 Å². The van der Waals surface area contributed by atoms with Crippen LogP contribution in [0.15, 0.2) is 18.2 Å². The van der Waals surface area contributed by atoms with Gasteiger partial charge in [-0.15, -0.1) is 10.2 Å². The fourth-order valence-corrected chi connectivity index (χ4v) is 3.30. The molecular formula is C15H16ClFN4OS. The largest absolute Gasteiger partial charge is 0.350 e. The van der Waals surface area contributed by atoms with Gasteiger partial charge in [0.15, 0.2) is 0 Å². The molecule has 0 unspecified atom stereocenters. The van der Waals surface area contributed by atoms with E-state index < -0.39 is 5.82 Å². The van der Waals surface area contributed by atoms with Crippen LogP contribution in [0.25, 0.3) is 0 Å². The van der Waals surface area contributed by atoms with E-state index in [0.717, 1.165) is 28.8 Å². The molecule has 1 saturated heterocycles. The van der Waals surface area contributed by atoms with Crippen LogP contribution >= 0.6 is 22.9 Å². The lowest BCUT2D eigenvalue weighted by Crippen LogP contribution is -2.59. The number of carbonyl (C=O) groups excluding carboxylic acids is 1. The number of halogens is 2. The topological polar surface area (TPSA) is 58.1 Å². The highest BCUT2D eigenvalue weighted by molar-refractivity contribution is 7.15. The molecule has 1 fully saturated rings. The minimum atomic E-state index is -0.443. The smallest absolute Gasteiger partial charge is 0.220 e. The van der Waals surface area contributed by atoms with Crippen molar-refractivity contribution in [1.82, 2.24) is 15.5 Å². The zero-order chi connectivity index (χ0) is 16.4. The second-order valence-electron chi connectivity index (χ2n) is 5.52. The number of rotatable bonds is 5. The van der Waals surface area contributed by atoms with Gasteiger partial charge < -0.3 is 10.2 Å². The van der Waals surface area contributed by atoms with Gasteiger partial charge in [0.25, 0.3) is 0 Å². The highest BCUT2D eigenvalue weighted by atomic mass is 35.5. The van der Waals surface area contributed by atoms with Crippen molar-refractivity contribution in [2.75, 3.05) is 18.0 Å². The second-order valence-corrected chi connectivity index (χ2v) is 7.09. The summed E-state index contributed by atoms with van der Waals surface area (Å²) in [5.74, 6) is -0.454. The molecule has 1 aromatic heterocycles. The molecule has 23 heavy (non-hydrogen) atoms. The van der Waals surface area contributed by atoms with E-state index in [0.29, 0.717) is 12.8 Å². The fourth-order valence-electron chi connectivity index (χ4n) is 2.39. The third-order valence-corrected chi connectivity index (χ3v) is 4.85. The number of nitrogens with one attached hydrogen (secondary N) is 1. The molecule has 1 aliphatic rings. The van der Waals surface area contributed by atoms with E-state index in [4.69, 9.17) is 11.6 Å². The number of amides is 1. The minimum Gasteiger partial charge on any atom is -0.350 e. The van der Waals surface area contributed by atoms with Crippen LogP contribution in [0.4, 0.5) is 9.52 Å². The Morgan fingerprint density at radius 1 is 1.48 bits per heavy atom. The molecule has 3 rings (SSSR count). The molecule has 2 aromatic rings. The van der Waals surface area contributed by atoms with E-state index in [1.807, 2.05) is 6.92 Å². The summed E-state index contributed by atoms with van der Waals surface area (Å²) < 4.78 is 13.1. The molecule has 0 spiro atoms. The maximum Gasteiger partial charge on any atom is 0.220 e. The van der Waals surface area contributed by atoms with Crippen molar-refractivity contribution in [2.24, 2.45) is 0 Å². The number of carbonyl (C=O) groups is 1. The van der Waals surface area contributed by atoms with Crippen LogP contribution < -0.4 is 10.2 Å². The molecule has 1 aliphatic heterocycles. The van der Waals surface area contributed by atoms with Gasteiger partial charge in [-0.25, -0.2) is 4.39 Å². The summed E-state index contributed by atoms with van der Waals surface area (Å²) in [4.78, 5) is 14.0. The van der Waals surface area contributed by atoms with Crippen molar-refractivity contribution in [1.29, 1.82) is 0 Å². The summed E-state index contributed by atoms with van der Waals surface area (Å²) in [7, 11) is 0. The van der Waals surface area contributed by atoms with Gasteiger partial charge in [-0.3, -0.25) is 4.79 Å². The normalized spacial score (nSPS) is 14.7. The van der Waals surface area contributed by atoms with Crippen LogP contribution in [-0.2, 0) is 11.2 Å². The molecule has 1 N–H and O–H groups in total. The Bertz CT molecular complexity index is 717. The summed E-state index contributed by atoms with van der Waals surface area (Å²) >= 11 is 7.28. The van der Waals surface area contributed by atoms with Gasteiger partial charge in [0.05, 0.1) is 11.1 Å². The van der Waals surface area contributed by atoms with E-state index in [2.05, 4.69) is 20.4 Å². The van der Waals surface area contributed by atoms with Crippen molar-refractivity contribution in [3.05, 3.63) is 39.6 Å². The molecule has 0 radical (unpaired) electrons. The summed E-state index contributed by atoms with van der Waals surface area (Å²) in [6, 6.07) is 4.68. The van der Waals surface area contributed by atoms with Crippen molar-refractivity contribution in [2.45, 2.75) is 25.8 Å². The first kappa shape index (κ1) is 16.1. The van der Waals surface area contributed by atoms with Gasteiger partial charge in [0.1, 0.15) is 10.8 Å². The van der Waals surface area contributed by atoms with Crippen LogP contribution in [0, 0.1) is 12.7 Å². The quantitative estimate of drug-likeness (QED) is 0.896. The second kappa shape index (κ2) is 6.80. The lowest BCUT2D eigenvalue weighted by molar-refractivity contribution is -0.121. The molecule has 0 aliphatic carbocycles. The van der Waals surface area contributed by atoms with E-state index in [-0.39, 0.29) is 17.0 Å². The monoisotopic (exact) mass is 354 g/mol. The van der Waals surface area contributed by atoms with Crippen molar-refractivity contribution >= 4 is 34.0 Å². The molecule has 8 heteroatoms. The SMILES string of the molecule is Cc1nnc(N2CC(NC(=O)CCc3ccc(F)c(Cl)c3)C2)s1. The lowest BCUT2D eigenvalue weighted by atomic mass is 10.1. The van der Waals surface area contributed by atoms with E-state index in [1.54, 1.807) is 23.5 Å². The summed E-state index contributed by atoms with van der Waals surface area (Å²) in [5.41, 5.74) is 0.853. The van der Waals surface area contributed by atoms with Crippen LogP contribution in [0.5, 0.6) is 0 Å². The number of hydrogen-bond donors (Lipinski definition) is 1. The summed E-state index contributed by atoms with van der Waals surface area (Å²) in [6.07, 6.45) is 0.897. The maximum absolute atomic E-state index is 13.1. The zero-order valence-corrected chi connectivity index (χ0v) is 14.1. The first-order chi connectivity index (χ1) is 11.0. The van der Waals surface area contributed by atoms with Gasteiger partial charge in [0.2, 0.25) is 11.0 Å². The highest BCUT2D eigenvalue weighted by Gasteiger charge is 2.30. The molecule has 0 saturated carbocycles. The average Bonchev–Trinajstić information content (AvgIpc) is 2.89. The van der Waals surface area contributed by atoms with Crippen LogP contribution in [0.1, 0.15) is 17.0 Å². The van der Waals surface area contributed by atoms with Crippen molar-refractivity contribution in [3.63, 3.8) is 0 Å². The van der Waals surface area contributed by atoms with Crippen LogP contribution in [0.2, 0.25) is 5.02 Å². The number of aryl methyl sites for hydroxylation is 2. The Kier molecular flexibility index (Phi) is 4.77. The van der Waals surface area contributed by atoms with Crippen molar-refractivity contribution in [3.8, 4) is 0 Å². The van der Waals surface area contributed by atoms with Crippen LogP contribution in [0.3, 0.4) is 0 Å². The van der Waals surface area contributed by atoms with E-state index in [1.165, 1.54) is 6.07 Å². The number of nitrogens with zero attached hydrogens (tertiary/aromatic N) is 3. The average molecular weight is 355 g/mol. The van der Waals surface area contributed by atoms with Gasteiger partial charge in [-0.1, -0.05) is 29.0 Å². The first-order valence-corrected chi connectivity index (χ1v) is 8.49. The predicted octanol–water partition coefficient (Wildman–Crippen LogP) is 2.58. The first-order valence-electron chi connectivity index (χ1n) is 7.29. The van der Waals surface area contributed by atoms with E-state index >= 15 is 0 Å². The molecule has 0 atom stereocenters. The fraction of sp³-hybridized carbons (Fsp3) is 0.400. The molecule has 1 amide bonds. The zero-order valence-electron chi connectivity index (χ0n) is 12.6. The molecule has 0 bridgehead atoms. The third-order valence-electron chi connectivity index (χ3n) is 3.66. The molecule has 5 nitrogen and oxygen atoms in total. The Morgan fingerprint density at radius 3 is 2.91 bits per heavy atom. The predicted molar refractivity (Wildman–Crippen MR) is 88.5 cm³/mol. The Morgan fingerprint density at radius 2 is 2.26 bits per heavy atom. The standard InChI is InChI=1S/C15H16ClFN4OS/c1-9-19-20-15(23-9)21-7-11(8-21)18-14(22)5-3-10-2-4-13(17)12(16)6-10/h2,4,6,11H,3,5,7-8H2,1H3,(H,18,22). The van der Waals surface area contributed by atoms with E-state index in [9.17, 15) is 9.18 Å². The minimum absolute atomic E-state index is 0.0106. The number of anilines is 1. The lowest BCUT2D eigenvalue weighted by Gasteiger charge is -2.39. The van der Waals surface area contributed by atoms with Gasteiger partial charge >= 0.3 is 0 Å². The number of hydrogen-bond acceptors (Lipinski definition) is 5. The highest BCUT2D eigenvalue weighted by Crippen LogP contribution is 2.24. The molecule has 122 valence electrons. The summed E-state index contributed by atoms with van der Waals surface area (Å²) in [6.45, 7) is 3.42. The molecule has 2 heterocycles.